The lowest BCUT2D eigenvalue weighted by Crippen LogP contribution is -2.41. The molecule has 7 heteroatoms. The van der Waals surface area contributed by atoms with Gasteiger partial charge in [0.2, 0.25) is 17.7 Å². The Morgan fingerprint density at radius 2 is 1.81 bits per heavy atom. The summed E-state index contributed by atoms with van der Waals surface area (Å²) in [6.07, 6.45) is 4.41. The molecule has 0 saturated heterocycles. The molecule has 2 aromatic rings. The molecule has 1 aliphatic heterocycles. The van der Waals surface area contributed by atoms with Gasteiger partial charge in [-0.05, 0) is 35.8 Å². The lowest BCUT2D eigenvalue weighted by Gasteiger charge is -2.33. The summed E-state index contributed by atoms with van der Waals surface area (Å²) in [5, 5.41) is 2.82. The van der Waals surface area contributed by atoms with Crippen molar-refractivity contribution in [2.75, 3.05) is 25.5 Å². The smallest absolute Gasteiger partial charge is 0.244 e. The van der Waals surface area contributed by atoms with Crippen LogP contribution < -0.4 is 10.1 Å². The first-order valence-corrected chi connectivity index (χ1v) is 10.7. The second kappa shape index (κ2) is 10.6. The van der Waals surface area contributed by atoms with Crippen molar-refractivity contribution in [2.24, 2.45) is 0 Å². The molecule has 32 heavy (non-hydrogen) atoms. The first kappa shape index (κ1) is 23.1. The predicted molar refractivity (Wildman–Crippen MR) is 124 cm³/mol. The van der Waals surface area contributed by atoms with Gasteiger partial charge in [-0.25, -0.2) is 0 Å². The van der Waals surface area contributed by atoms with Crippen LogP contribution in [0.5, 0.6) is 5.75 Å². The molecule has 1 unspecified atom stereocenters. The summed E-state index contributed by atoms with van der Waals surface area (Å²) < 4.78 is 5.28. The van der Waals surface area contributed by atoms with E-state index in [1.807, 2.05) is 43.3 Å². The molecular weight excluding hydrogens is 406 g/mol. The fraction of sp³-hybridized carbons (Fsp3) is 0.320. The first-order valence-electron chi connectivity index (χ1n) is 10.7. The zero-order chi connectivity index (χ0) is 23.1. The molecule has 0 bridgehead atoms. The van der Waals surface area contributed by atoms with Crippen molar-refractivity contribution in [1.82, 2.24) is 9.80 Å². The Bertz CT molecular complexity index is 1020. The number of hydrogen-bond acceptors (Lipinski definition) is 4. The number of fused-ring (bicyclic) bond motifs is 1. The van der Waals surface area contributed by atoms with Gasteiger partial charge in [0.1, 0.15) is 5.75 Å². The molecule has 0 saturated carbocycles. The summed E-state index contributed by atoms with van der Waals surface area (Å²) >= 11 is 0. The van der Waals surface area contributed by atoms with Gasteiger partial charge in [0.05, 0.1) is 31.8 Å². The van der Waals surface area contributed by atoms with Crippen LogP contribution in [-0.2, 0) is 14.4 Å². The molecule has 3 amide bonds. The molecule has 0 aromatic heterocycles. The highest BCUT2D eigenvalue weighted by Gasteiger charge is 2.30. The summed E-state index contributed by atoms with van der Waals surface area (Å²) in [5.41, 5.74) is 2.46. The second-order valence-electron chi connectivity index (χ2n) is 7.65. The summed E-state index contributed by atoms with van der Waals surface area (Å²) in [4.78, 5) is 41.3. The third kappa shape index (κ3) is 5.35. The number of nitrogens with one attached hydrogen (secondary N) is 1. The lowest BCUT2D eigenvalue weighted by molar-refractivity contribution is -0.137. The van der Waals surface area contributed by atoms with Crippen LogP contribution in [0.1, 0.15) is 43.9 Å². The average molecular weight is 436 g/mol. The van der Waals surface area contributed by atoms with Crippen molar-refractivity contribution < 1.29 is 19.1 Å². The van der Waals surface area contributed by atoms with E-state index >= 15 is 0 Å². The van der Waals surface area contributed by atoms with Gasteiger partial charge in [0.25, 0.3) is 0 Å². The minimum absolute atomic E-state index is 0.0744. The Hall–Kier alpha value is -3.61. The van der Waals surface area contributed by atoms with E-state index in [2.05, 4.69) is 5.32 Å². The van der Waals surface area contributed by atoms with Gasteiger partial charge in [0, 0.05) is 19.7 Å². The molecule has 0 radical (unpaired) electrons. The molecule has 168 valence electrons. The van der Waals surface area contributed by atoms with E-state index in [1.54, 1.807) is 34.2 Å². The van der Waals surface area contributed by atoms with Crippen LogP contribution in [0.15, 0.2) is 54.7 Å². The van der Waals surface area contributed by atoms with Crippen molar-refractivity contribution in [3.05, 3.63) is 65.9 Å². The third-order valence-corrected chi connectivity index (χ3v) is 5.40. The average Bonchev–Trinajstić information content (AvgIpc) is 2.79. The SMILES string of the molecule is CCCN(CC(=O)Nc1ccccc1OC)C(=O)CC1c2ccccc2C=CN1C(C)=O. The van der Waals surface area contributed by atoms with Gasteiger partial charge in [-0.1, -0.05) is 43.3 Å². The van der Waals surface area contributed by atoms with Gasteiger partial charge in [0.15, 0.2) is 0 Å². The highest BCUT2D eigenvalue weighted by molar-refractivity contribution is 5.96. The standard InChI is InChI=1S/C25H29N3O4/c1-4-14-27(17-24(30)26-21-11-7-8-12-23(21)32-3)25(31)16-22-20-10-6-5-9-19(20)13-15-28(22)18(2)29/h5-13,15,22H,4,14,16-17H2,1-3H3,(H,26,30). The summed E-state index contributed by atoms with van der Waals surface area (Å²) in [7, 11) is 1.54. The minimum atomic E-state index is -0.405. The summed E-state index contributed by atoms with van der Waals surface area (Å²) in [5.74, 6) is -0.0616. The van der Waals surface area contributed by atoms with Crippen LogP contribution in [-0.4, -0.2) is 47.7 Å². The Balaban J connectivity index is 1.75. The van der Waals surface area contributed by atoms with Crippen LogP contribution in [0.4, 0.5) is 5.69 Å². The molecule has 1 N–H and O–H groups in total. The largest absolute Gasteiger partial charge is 0.495 e. The number of para-hydroxylation sites is 2. The number of amides is 3. The van der Waals surface area contributed by atoms with Gasteiger partial charge in [-0.3, -0.25) is 14.4 Å². The lowest BCUT2D eigenvalue weighted by atomic mass is 9.93. The molecule has 7 nitrogen and oxygen atoms in total. The van der Waals surface area contributed by atoms with E-state index in [0.717, 1.165) is 11.1 Å². The van der Waals surface area contributed by atoms with Crippen molar-refractivity contribution in [3.63, 3.8) is 0 Å². The van der Waals surface area contributed by atoms with E-state index in [-0.39, 0.29) is 30.7 Å². The normalized spacial score (nSPS) is 14.5. The van der Waals surface area contributed by atoms with E-state index < -0.39 is 6.04 Å². The van der Waals surface area contributed by atoms with Gasteiger partial charge in [-0.2, -0.15) is 0 Å². The first-order chi connectivity index (χ1) is 15.4. The van der Waals surface area contributed by atoms with Crippen molar-refractivity contribution in [1.29, 1.82) is 0 Å². The number of benzene rings is 2. The van der Waals surface area contributed by atoms with Crippen molar-refractivity contribution in [3.8, 4) is 5.75 Å². The molecule has 1 atom stereocenters. The Morgan fingerprint density at radius 3 is 2.53 bits per heavy atom. The van der Waals surface area contributed by atoms with E-state index in [0.29, 0.717) is 24.4 Å². The monoisotopic (exact) mass is 435 g/mol. The number of hydrogen-bond donors (Lipinski definition) is 1. The fourth-order valence-electron chi connectivity index (χ4n) is 3.88. The predicted octanol–water partition coefficient (Wildman–Crippen LogP) is 3.84. The molecular formula is C25H29N3O4. The third-order valence-electron chi connectivity index (χ3n) is 5.40. The Labute approximate surface area is 188 Å². The molecule has 3 rings (SSSR count). The Morgan fingerprint density at radius 1 is 1.09 bits per heavy atom. The minimum Gasteiger partial charge on any atom is -0.495 e. The van der Waals surface area contributed by atoms with Crippen LogP contribution in [0, 0.1) is 0 Å². The van der Waals surface area contributed by atoms with Gasteiger partial charge < -0.3 is 19.9 Å². The topological polar surface area (TPSA) is 79.0 Å². The molecule has 1 aliphatic rings. The van der Waals surface area contributed by atoms with Crippen LogP contribution in [0.25, 0.3) is 6.08 Å². The number of carbonyl (C=O) groups is 3. The molecule has 0 fully saturated rings. The number of carbonyl (C=O) groups excluding carboxylic acids is 3. The number of nitrogens with zero attached hydrogens (tertiary/aromatic N) is 2. The van der Waals surface area contributed by atoms with Crippen molar-refractivity contribution in [2.45, 2.75) is 32.7 Å². The molecule has 0 aliphatic carbocycles. The number of rotatable bonds is 8. The zero-order valence-corrected chi connectivity index (χ0v) is 18.7. The maximum atomic E-state index is 13.2. The van der Waals surface area contributed by atoms with Crippen LogP contribution in [0.2, 0.25) is 0 Å². The van der Waals surface area contributed by atoms with E-state index in [9.17, 15) is 14.4 Å². The van der Waals surface area contributed by atoms with E-state index in [4.69, 9.17) is 4.74 Å². The van der Waals surface area contributed by atoms with Crippen molar-refractivity contribution >= 4 is 29.5 Å². The highest BCUT2D eigenvalue weighted by atomic mass is 16.5. The number of anilines is 1. The number of methoxy groups -OCH3 is 1. The van der Waals surface area contributed by atoms with Crippen LogP contribution >= 0.6 is 0 Å². The molecule has 2 aromatic carbocycles. The maximum absolute atomic E-state index is 13.2. The highest BCUT2D eigenvalue weighted by Crippen LogP contribution is 2.33. The second-order valence-corrected chi connectivity index (χ2v) is 7.65. The summed E-state index contributed by atoms with van der Waals surface area (Å²) in [6.45, 7) is 3.82. The van der Waals surface area contributed by atoms with E-state index in [1.165, 1.54) is 14.0 Å². The quantitative estimate of drug-likeness (QED) is 0.683. The van der Waals surface area contributed by atoms with Gasteiger partial charge >= 0.3 is 0 Å². The molecule has 0 spiro atoms. The maximum Gasteiger partial charge on any atom is 0.244 e. The molecule has 1 heterocycles. The zero-order valence-electron chi connectivity index (χ0n) is 18.7. The van der Waals surface area contributed by atoms with Crippen LogP contribution in [0.3, 0.4) is 0 Å². The number of ether oxygens (including phenoxy) is 1. The Kier molecular flexibility index (Phi) is 7.65. The fourth-order valence-corrected chi connectivity index (χ4v) is 3.88. The summed E-state index contributed by atoms with van der Waals surface area (Å²) in [6, 6.07) is 14.5. The van der Waals surface area contributed by atoms with Gasteiger partial charge in [-0.15, -0.1) is 0 Å².